The molecule has 0 aromatic heterocycles. The van der Waals surface area contributed by atoms with Crippen LogP contribution in [0.3, 0.4) is 0 Å². The molecule has 0 spiro atoms. The molecule has 68 heavy (non-hydrogen) atoms. The minimum atomic E-state index is -1.83. The van der Waals surface area contributed by atoms with Crippen molar-refractivity contribution in [2.24, 2.45) is 5.92 Å². The highest BCUT2D eigenvalue weighted by molar-refractivity contribution is 5.80. The van der Waals surface area contributed by atoms with Crippen LogP contribution in [0.2, 0.25) is 0 Å². The molecule has 2 rings (SSSR count). The Bertz CT molecular complexity index is 1250. The van der Waals surface area contributed by atoms with Gasteiger partial charge in [-0.05, 0) is 25.2 Å². The van der Waals surface area contributed by atoms with Crippen LogP contribution in [-0.4, -0.2) is 163 Å². The Morgan fingerprint density at radius 1 is 0.559 bits per heavy atom. The summed E-state index contributed by atoms with van der Waals surface area (Å²) in [7, 11) is 0. The maximum atomic E-state index is 13.3. The van der Waals surface area contributed by atoms with Gasteiger partial charge in [0.05, 0.1) is 25.9 Å². The van der Waals surface area contributed by atoms with Crippen molar-refractivity contribution in [3.05, 3.63) is 12.2 Å². The molecule has 11 N–H and O–H groups in total. The molecule has 0 radical (unpaired) electrons. The second kappa shape index (κ2) is 38.3. The Hall–Kier alpha value is -1.35. The van der Waals surface area contributed by atoms with Crippen molar-refractivity contribution in [1.82, 2.24) is 5.32 Å². The number of ether oxygens (including phenoxy) is 4. The highest BCUT2D eigenvalue weighted by Gasteiger charge is 2.48. The largest absolute Gasteiger partial charge is 0.394 e. The van der Waals surface area contributed by atoms with Crippen molar-refractivity contribution in [2.45, 2.75) is 286 Å². The molecule has 0 saturated carbocycles. The number of aliphatic hydroxyl groups is 10. The van der Waals surface area contributed by atoms with Gasteiger partial charge in [-0.25, -0.2) is 0 Å². The fraction of sp³-hybridized carbons (Fsp3) is 0.942. The van der Waals surface area contributed by atoms with Gasteiger partial charge in [0.15, 0.2) is 12.6 Å². The molecule has 2 saturated heterocycles. The zero-order chi connectivity index (χ0) is 50.1. The summed E-state index contributed by atoms with van der Waals surface area (Å²) in [6.45, 7) is 4.90. The summed E-state index contributed by atoms with van der Waals surface area (Å²) in [5.41, 5.74) is 0. The number of hydrogen-bond donors (Lipinski definition) is 11. The van der Waals surface area contributed by atoms with Crippen LogP contribution in [0.5, 0.6) is 0 Å². The maximum Gasteiger partial charge on any atom is 0.249 e. The van der Waals surface area contributed by atoms with E-state index < -0.39 is 111 Å². The van der Waals surface area contributed by atoms with Gasteiger partial charge in [-0.1, -0.05) is 193 Å². The predicted octanol–water partition coefficient (Wildman–Crippen LogP) is 5.35. The summed E-state index contributed by atoms with van der Waals surface area (Å²) in [5, 5.41) is 108. The van der Waals surface area contributed by atoms with Crippen LogP contribution in [0.25, 0.3) is 0 Å². The summed E-state index contributed by atoms with van der Waals surface area (Å²) in [6, 6.07) is -1.32. The van der Waals surface area contributed by atoms with Gasteiger partial charge in [0, 0.05) is 0 Å². The lowest BCUT2D eigenvalue weighted by atomic mass is 9.98. The van der Waals surface area contributed by atoms with Gasteiger partial charge in [0.2, 0.25) is 5.91 Å². The number of unbranched alkanes of at least 4 members (excludes halogenated alkanes) is 24. The molecular formula is C52H99NO15. The number of hydrogen-bond acceptors (Lipinski definition) is 15. The maximum absolute atomic E-state index is 13.3. The molecule has 0 bridgehead atoms. The monoisotopic (exact) mass is 978 g/mol. The number of carbonyl (C=O) groups excluding carboxylic acids is 1. The van der Waals surface area contributed by atoms with Crippen molar-refractivity contribution in [2.75, 3.05) is 19.8 Å². The van der Waals surface area contributed by atoms with Crippen molar-refractivity contribution in [3.63, 3.8) is 0 Å². The Kier molecular flexibility index (Phi) is 35.3. The summed E-state index contributed by atoms with van der Waals surface area (Å²) in [5.74, 6) is -0.0507. The zero-order valence-electron chi connectivity index (χ0n) is 42.2. The molecule has 0 aliphatic carbocycles. The van der Waals surface area contributed by atoms with Gasteiger partial charge in [-0.15, -0.1) is 0 Å². The summed E-state index contributed by atoms with van der Waals surface area (Å²) in [6.07, 6.45) is 14.5. The standard InChI is InChI=1S/C52H99NO15/c1-4-5-6-7-8-9-10-11-12-13-14-15-16-17-20-24-27-30-33-40(56)50(64)53-38(43(57)39(55)32-29-26-23-21-18-19-22-25-28-31-37(2)3)35-65-51-49(63)47(61)45(59)42(68-51)36-66-52-48(62)46(60)44(58)41(34-54)67-52/h29,32,37-49,51-52,54-63H,4-28,30-31,33-36H2,1-3H3,(H,53,64)/b32-29+/t38-,39+,40+,41+,42+,43-,44-,45+,46-,47-,48+,49+,51+,52-/m0/s1. The van der Waals surface area contributed by atoms with Crippen LogP contribution in [0, 0.1) is 5.92 Å². The van der Waals surface area contributed by atoms with E-state index in [2.05, 4.69) is 26.1 Å². The topological polar surface area (TPSA) is 268 Å². The fourth-order valence-electron chi connectivity index (χ4n) is 8.95. The van der Waals surface area contributed by atoms with E-state index in [0.717, 1.165) is 50.9 Å². The molecule has 0 aromatic carbocycles. The average molecular weight is 978 g/mol. The molecule has 0 unspecified atom stereocenters. The van der Waals surface area contributed by atoms with Gasteiger partial charge in [0.25, 0.3) is 0 Å². The molecule has 1 amide bonds. The highest BCUT2D eigenvalue weighted by Crippen LogP contribution is 2.27. The lowest BCUT2D eigenvalue weighted by Crippen LogP contribution is -2.62. The molecule has 2 aliphatic heterocycles. The van der Waals surface area contributed by atoms with Crippen LogP contribution < -0.4 is 5.32 Å². The minimum absolute atomic E-state index is 0.194. The summed E-state index contributed by atoms with van der Waals surface area (Å²) >= 11 is 0. The SMILES string of the molecule is CCCCCCCCCCCCCCCCCCCC[C@@H](O)C(=O)N[C@@H](CO[C@@H]1O[C@H](CO[C@H]2O[C@H](CO)[C@H](O)[C@H](O)[C@H]2O)[C@@H](O)[C@H](O)[C@H]1O)[C@H](O)[C@H](O)/C=C/CCCCCCCCCC(C)C. The quantitative estimate of drug-likeness (QED) is 0.0273. The Labute approximate surface area is 409 Å². The van der Waals surface area contributed by atoms with Crippen LogP contribution in [-0.2, 0) is 23.7 Å². The predicted molar refractivity (Wildman–Crippen MR) is 261 cm³/mol. The van der Waals surface area contributed by atoms with E-state index in [0.29, 0.717) is 12.8 Å². The average Bonchev–Trinajstić information content (AvgIpc) is 3.32. The molecule has 402 valence electrons. The van der Waals surface area contributed by atoms with E-state index in [1.807, 2.05) is 0 Å². The molecule has 2 fully saturated rings. The normalized spacial score (nSPS) is 27.4. The number of amides is 1. The van der Waals surface area contributed by atoms with Crippen molar-refractivity contribution >= 4 is 5.91 Å². The first-order chi connectivity index (χ1) is 32.7. The van der Waals surface area contributed by atoms with E-state index in [-0.39, 0.29) is 6.42 Å². The van der Waals surface area contributed by atoms with E-state index in [4.69, 9.17) is 18.9 Å². The Balaban J connectivity index is 1.88. The van der Waals surface area contributed by atoms with Crippen LogP contribution in [0.4, 0.5) is 0 Å². The first-order valence-corrected chi connectivity index (χ1v) is 27.0. The molecule has 0 aromatic rings. The third-order valence-electron chi connectivity index (χ3n) is 13.6. The summed E-state index contributed by atoms with van der Waals surface area (Å²) in [4.78, 5) is 13.3. The van der Waals surface area contributed by atoms with E-state index in [1.54, 1.807) is 6.08 Å². The molecular weight excluding hydrogens is 879 g/mol. The molecule has 2 heterocycles. The Morgan fingerprint density at radius 2 is 0.985 bits per heavy atom. The lowest BCUT2D eigenvalue weighted by molar-refractivity contribution is -0.331. The van der Waals surface area contributed by atoms with Gasteiger partial charge < -0.3 is 75.3 Å². The van der Waals surface area contributed by atoms with E-state index in [9.17, 15) is 55.9 Å². The smallest absolute Gasteiger partial charge is 0.249 e. The molecule has 16 nitrogen and oxygen atoms in total. The van der Waals surface area contributed by atoms with E-state index >= 15 is 0 Å². The first kappa shape index (κ1) is 62.8. The number of nitrogens with one attached hydrogen (secondary N) is 1. The van der Waals surface area contributed by atoms with Gasteiger partial charge in [-0.2, -0.15) is 0 Å². The minimum Gasteiger partial charge on any atom is -0.394 e. The van der Waals surface area contributed by atoms with Gasteiger partial charge in [-0.3, -0.25) is 4.79 Å². The third-order valence-corrected chi connectivity index (χ3v) is 13.6. The second-order valence-electron chi connectivity index (χ2n) is 20.2. The highest BCUT2D eigenvalue weighted by atomic mass is 16.7. The third kappa shape index (κ3) is 25.9. The number of carbonyl (C=O) groups is 1. The fourth-order valence-corrected chi connectivity index (χ4v) is 8.95. The van der Waals surface area contributed by atoms with Crippen LogP contribution >= 0.6 is 0 Å². The Morgan fingerprint density at radius 3 is 1.47 bits per heavy atom. The zero-order valence-corrected chi connectivity index (χ0v) is 42.2. The van der Waals surface area contributed by atoms with Gasteiger partial charge in [0.1, 0.15) is 67.1 Å². The second-order valence-corrected chi connectivity index (χ2v) is 20.2. The number of rotatable bonds is 41. The molecule has 16 heteroatoms. The molecule has 2 aliphatic rings. The van der Waals surface area contributed by atoms with Gasteiger partial charge >= 0.3 is 0 Å². The number of allylic oxidation sites excluding steroid dienone is 1. The number of aliphatic hydroxyl groups excluding tert-OH is 10. The first-order valence-electron chi connectivity index (χ1n) is 27.0. The lowest BCUT2D eigenvalue weighted by Gasteiger charge is -2.43. The summed E-state index contributed by atoms with van der Waals surface area (Å²) < 4.78 is 22.3. The van der Waals surface area contributed by atoms with Crippen molar-refractivity contribution < 1.29 is 74.8 Å². The van der Waals surface area contributed by atoms with Crippen molar-refractivity contribution in [3.8, 4) is 0 Å². The van der Waals surface area contributed by atoms with E-state index in [1.165, 1.54) is 122 Å². The van der Waals surface area contributed by atoms with Crippen LogP contribution in [0.15, 0.2) is 12.2 Å². The van der Waals surface area contributed by atoms with Crippen LogP contribution in [0.1, 0.15) is 201 Å². The van der Waals surface area contributed by atoms with Crippen molar-refractivity contribution in [1.29, 1.82) is 0 Å². The molecule has 14 atom stereocenters.